The smallest absolute Gasteiger partial charge is 0.237 e. The molecule has 2 aliphatic rings. The number of nitrogens with zero attached hydrogens (tertiary/aromatic N) is 2. The van der Waals surface area contributed by atoms with Crippen molar-refractivity contribution in [3.05, 3.63) is 35.4 Å². The van der Waals surface area contributed by atoms with Crippen molar-refractivity contribution < 1.29 is 22.7 Å². The quantitative estimate of drug-likeness (QED) is 0.763. The molecule has 0 N–H and O–H groups in total. The number of aryl methyl sites for hydroxylation is 1. The zero-order chi connectivity index (χ0) is 18.8. The van der Waals surface area contributed by atoms with E-state index in [1.54, 1.807) is 4.90 Å². The number of hydrogen-bond donors (Lipinski definition) is 0. The van der Waals surface area contributed by atoms with Gasteiger partial charge in [0.15, 0.2) is 5.79 Å². The second-order valence-electron chi connectivity index (χ2n) is 7.01. The zero-order valence-corrected chi connectivity index (χ0v) is 16.1. The Morgan fingerprint density at radius 1 is 1.15 bits per heavy atom. The number of likely N-dealkylation sites (tertiary alicyclic amines) is 1. The Morgan fingerprint density at radius 3 is 2.27 bits per heavy atom. The number of ether oxygens (including phenoxy) is 2. The monoisotopic (exact) mass is 382 g/mol. The summed E-state index contributed by atoms with van der Waals surface area (Å²) in [6, 6.07) is 7.64. The molecular weight excluding hydrogens is 356 g/mol. The van der Waals surface area contributed by atoms with Gasteiger partial charge in [-0.3, -0.25) is 4.79 Å². The predicted octanol–water partition coefficient (Wildman–Crippen LogP) is 1.12. The number of benzene rings is 1. The summed E-state index contributed by atoms with van der Waals surface area (Å²) in [6.07, 6.45) is 2.38. The van der Waals surface area contributed by atoms with Crippen LogP contribution in [-0.2, 0) is 30.8 Å². The number of hydrogen-bond acceptors (Lipinski definition) is 5. The van der Waals surface area contributed by atoms with E-state index in [4.69, 9.17) is 9.47 Å². The molecule has 1 amide bonds. The molecule has 1 spiro atoms. The third-order valence-electron chi connectivity index (χ3n) is 4.95. The van der Waals surface area contributed by atoms with Gasteiger partial charge < -0.3 is 14.4 Å². The molecule has 8 heteroatoms. The lowest BCUT2D eigenvalue weighted by Crippen LogP contribution is -2.50. The van der Waals surface area contributed by atoms with Crippen LogP contribution in [0.3, 0.4) is 0 Å². The van der Waals surface area contributed by atoms with Crippen LogP contribution < -0.4 is 0 Å². The molecule has 0 aromatic heterocycles. The minimum absolute atomic E-state index is 0.151. The first kappa shape index (κ1) is 19.3. The van der Waals surface area contributed by atoms with E-state index in [1.165, 1.54) is 4.31 Å². The maximum absolute atomic E-state index is 12.6. The van der Waals surface area contributed by atoms with Crippen LogP contribution in [0.25, 0.3) is 0 Å². The first-order valence-electron chi connectivity index (χ1n) is 8.84. The lowest BCUT2D eigenvalue weighted by molar-refractivity contribution is -0.187. The van der Waals surface area contributed by atoms with E-state index < -0.39 is 15.8 Å². The highest BCUT2D eigenvalue weighted by Crippen LogP contribution is 2.31. The molecule has 0 aliphatic carbocycles. The van der Waals surface area contributed by atoms with Crippen LogP contribution in [0.2, 0.25) is 0 Å². The Hall–Kier alpha value is -1.48. The lowest BCUT2D eigenvalue weighted by Gasteiger charge is -2.38. The highest BCUT2D eigenvalue weighted by atomic mass is 32.2. The van der Waals surface area contributed by atoms with Gasteiger partial charge in [-0.1, -0.05) is 29.8 Å². The number of carbonyl (C=O) groups excluding carboxylic acids is 1. The molecule has 0 saturated carbocycles. The van der Waals surface area contributed by atoms with E-state index in [0.29, 0.717) is 39.1 Å². The van der Waals surface area contributed by atoms with Gasteiger partial charge in [-0.15, -0.1) is 0 Å². The van der Waals surface area contributed by atoms with Gasteiger partial charge in [0, 0.05) is 32.5 Å². The number of rotatable bonds is 5. The molecule has 144 valence electrons. The third kappa shape index (κ3) is 4.62. The molecule has 0 radical (unpaired) electrons. The summed E-state index contributed by atoms with van der Waals surface area (Å²) < 4.78 is 36.8. The Labute approximate surface area is 154 Å². The predicted molar refractivity (Wildman–Crippen MR) is 96.9 cm³/mol. The lowest BCUT2D eigenvalue weighted by atomic mass is 10.0. The molecule has 2 fully saturated rings. The average Bonchev–Trinajstić information content (AvgIpc) is 3.04. The van der Waals surface area contributed by atoms with Gasteiger partial charge in [0.25, 0.3) is 0 Å². The fraction of sp³-hybridized carbons (Fsp3) is 0.611. The fourth-order valence-electron chi connectivity index (χ4n) is 3.32. The zero-order valence-electron chi connectivity index (χ0n) is 15.3. The van der Waals surface area contributed by atoms with E-state index in [0.717, 1.165) is 17.4 Å². The Morgan fingerprint density at radius 2 is 1.73 bits per heavy atom. The van der Waals surface area contributed by atoms with Crippen LogP contribution in [0.1, 0.15) is 24.0 Å². The summed E-state index contributed by atoms with van der Waals surface area (Å²) in [5, 5.41) is 0. The summed E-state index contributed by atoms with van der Waals surface area (Å²) >= 11 is 0. The molecule has 0 bridgehead atoms. The van der Waals surface area contributed by atoms with Crippen LogP contribution in [0.15, 0.2) is 24.3 Å². The molecule has 2 aliphatic heterocycles. The van der Waals surface area contributed by atoms with E-state index in [9.17, 15) is 13.2 Å². The second-order valence-corrected chi connectivity index (χ2v) is 8.99. The van der Waals surface area contributed by atoms with E-state index in [-0.39, 0.29) is 19.0 Å². The second kappa shape index (κ2) is 7.64. The maximum Gasteiger partial charge on any atom is 0.237 e. The first-order chi connectivity index (χ1) is 12.3. The largest absolute Gasteiger partial charge is 0.347 e. The summed E-state index contributed by atoms with van der Waals surface area (Å²) in [4.78, 5) is 14.3. The van der Waals surface area contributed by atoms with E-state index in [2.05, 4.69) is 0 Å². The molecule has 2 saturated heterocycles. The first-order valence-corrected chi connectivity index (χ1v) is 10.7. The molecule has 0 atom stereocenters. The van der Waals surface area contributed by atoms with Crippen molar-refractivity contribution in [1.82, 2.24) is 9.21 Å². The van der Waals surface area contributed by atoms with Crippen molar-refractivity contribution in [2.45, 2.75) is 32.1 Å². The van der Waals surface area contributed by atoms with Gasteiger partial charge in [0.1, 0.15) is 0 Å². The van der Waals surface area contributed by atoms with Gasteiger partial charge in [0.2, 0.25) is 15.9 Å². The Bertz CT molecular complexity index is 731. The van der Waals surface area contributed by atoms with Gasteiger partial charge >= 0.3 is 0 Å². The van der Waals surface area contributed by atoms with Crippen molar-refractivity contribution in [1.29, 1.82) is 0 Å². The summed E-state index contributed by atoms with van der Waals surface area (Å²) in [5.41, 5.74) is 1.97. The molecular formula is C18H26N2O5S. The van der Waals surface area contributed by atoms with Crippen LogP contribution in [0.5, 0.6) is 0 Å². The number of carbonyl (C=O) groups is 1. The number of amides is 1. The molecule has 26 heavy (non-hydrogen) atoms. The van der Waals surface area contributed by atoms with Crippen LogP contribution >= 0.6 is 0 Å². The summed E-state index contributed by atoms with van der Waals surface area (Å²) in [7, 11) is -3.49. The summed E-state index contributed by atoms with van der Waals surface area (Å²) in [5.74, 6) is -0.731. The van der Waals surface area contributed by atoms with Crippen molar-refractivity contribution in [2.24, 2.45) is 0 Å². The average molecular weight is 382 g/mol. The van der Waals surface area contributed by atoms with Crippen molar-refractivity contribution in [2.75, 3.05) is 39.1 Å². The topological polar surface area (TPSA) is 76.2 Å². The normalized spacial score (nSPS) is 20.0. The Balaban J connectivity index is 1.61. The van der Waals surface area contributed by atoms with Gasteiger partial charge in [-0.2, -0.15) is 4.31 Å². The van der Waals surface area contributed by atoms with Crippen LogP contribution in [0.4, 0.5) is 0 Å². The van der Waals surface area contributed by atoms with Crippen molar-refractivity contribution in [3.8, 4) is 0 Å². The minimum Gasteiger partial charge on any atom is -0.347 e. The molecule has 0 unspecified atom stereocenters. The highest BCUT2D eigenvalue weighted by molar-refractivity contribution is 7.88. The maximum atomic E-state index is 12.6. The van der Waals surface area contributed by atoms with Gasteiger partial charge in [0.05, 0.1) is 26.0 Å². The number of piperidine rings is 1. The molecule has 1 aromatic rings. The van der Waals surface area contributed by atoms with Crippen molar-refractivity contribution >= 4 is 15.9 Å². The molecule has 1 aromatic carbocycles. The van der Waals surface area contributed by atoms with E-state index in [1.807, 2.05) is 31.2 Å². The molecule has 2 heterocycles. The third-order valence-corrected chi connectivity index (χ3v) is 6.15. The van der Waals surface area contributed by atoms with Crippen LogP contribution in [0, 0.1) is 6.92 Å². The van der Waals surface area contributed by atoms with Gasteiger partial charge in [-0.25, -0.2) is 8.42 Å². The SMILES string of the molecule is Cc1ccc(CN(CC(=O)N2CCC3(CC2)OCCO3)S(C)(=O)=O)cc1. The van der Waals surface area contributed by atoms with E-state index >= 15 is 0 Å². The molecule has 7 nitrogen and oxygen atoms in total. The highest BCUT2D eigenvalue weighted by Gasteiger charge is 2.41. The minimum atomic E-state index is -3.49. The fourth-order valence-corrected chi connectivity index (χ4v) is 4.05. The Kier molecular flexibility index (Phi) is 5.67. The molecule has 3 rings (SSSR count). The van der Waals surface area contributed by atoms with Crippen molar-refractivity contribution in [3.63, 3.8) is 0 Å². The standard InChI is InChI=1S/C18H26N2O5S/c1-15-3-5-16(6-4-15)13-20(26(2,22)23)14-17(21)19-9-7-18(8-10-19)24-11-12-25-18/h3-6H,7-14H2,1-2H3. The van der Waals surface area contributed by atoms with Crippen LogP contribution in [-0.4, -0.2) is 68.4 Å². The van der Waals surface area contributed by atoms with Gasteiger partial charge in [-0.05, 0) is 12.5 Å². The number of sulfonamides is 1. The summed E-state index contributed by atoms with van der Waals surface area (Å²) in [6.45, 7) is 4.22.